The molecule has 0 unspecified atom stereocenters. The number of nitrogens with two attached hydrogens (primary N) is 1. The van der Waals surface area contributed by atoms with Crippen molar-refractivity contribution < 1.29 is 9.53 Å². The van der Waals surface area contributed by atoms with E-state index < -0.39 is 0 Å². The SMILES string of the molecule is Cc1nc(N)cc([C@H]2CCN2C(=O)C2CCOCC2)n1. The molecule has 2 N–H and O–H groups in total. The summed E-state index contributed by atoms with van der Waals surface area (Å²) in [7, 11) is 0. The lowest BCUT2D eigenvalue weighted by Gasteiger charge is -2.43. The van der Waals surface area contributed by atoms with Gasteiger partial charge in [-0.3, -0.25) is 4.79 Å². The van der Waals surface area contributed by atoms with Crippen LogP contribution in [0.15, 0.2) is 6.07 Å². The topological polar surface area (TPSA) is 81.3 Å². The number of nitrogens with zero attached hydrogens (tertiary/aromatic N) is 3. The van der Waals surface area contributed by atoms with Gasteiger partial charge in [0.1, 0.15) is 11.6 Å². The molecule has 2 fully saturated rings. The van der Waals surface area contributed by atoms with Gasteiger partial charge in [0.05, 0.1) is 11.7 Å². The highest BCUT2D eigenvalue weighted by Gasteiger charge is 2.38. The molecule has 1 aromatic rings. The van der Waals surface area contributed by atoms with E-state index in [-0.39, 0.29) is 17.9 Å². The number of aromatic nitrogens is 2. The van der Waals surface area contributed by atoms with Crippen molar-refractivity contribution in [3.8, 4) is 0 Å². The maximum Gasteiger partial charge on any atom is 0.226 e. The lowest BCUT2D eigenvalue weighted by molar-refractivity contribution is -0.146. The van der Waals surface area contributed by atoms with Crippen molar-refractivity contribution in [1.29, 1.82) is 0 Å². The zero-order valence-electron chi connectivity index (χ0n) is 11.7. The summed E-state index contributed by atoms with van der Waals surface area (Å²) in [6, 6.07) is 1.84. The van der Waals surface area contributed by atoms with Crippen LogP contribution in [-0.2, 0) is 9.53 Å². The van der Waals surface area contributed by atoms with E-state index in [1.54, 1.807) is 6.07 Å². The maximum atomic E-state index is 12.5. The number of ether oxygens (including phenoxy) is 1. The molecular weight excluding hydrogens is 256 g/mol. The third-order valence-corrected chi connectivity index (χ3v) is 4.09. The second-order valence-corrected chi connectivity index (χ2v) is 5.49. The Balaban J connectivity index is 1.73. The molecule has 6 nitrogen and oxygen atoms in total. The van der Waals surface area contributed by atoms with Gasteiger partial charge in [0.25, 0.3) is 0 Å². The number of hydrogen-bond acceptors (Lipinski definition) is 5. The maximum absolute atomic E-state index is 12.5. The lowest BCUT2D eigenvalue weighted by Crippen LogP contribution is -2.49. The zero-order valence-corrected chi connectivity index (χ0v) is 11.7. The summed E-state index contributed by atoms with van der Waals surface area (Å²) >= 11 is 0. The van der Waals surface area contributed by atoms with Gasteiger partial charge in [-0.25, -0.2) is 9.97 Å². The standard InChI is InChI=1S/C14H20N4O2/c1-9-16-11(8-13(15)17-9)12-2-5-18(12)14(19)10-3-6-20-7-4-10/h8,10,12H,2-7H2,1H3,(H2,15,16,17)/t12-/m1/s1. The van der Waals surface area contributed by atoms with Crippen molar-refractivity contribution in [2.45, 2.75) is 32.2 Å². The van der Waals surface area contributed by atoms with Crippen molar-refractivity contribution in [1.82, 2.24) is 14.9 Å². The monoisotopic (exact) mass is 276 g/mol. The first kappa shape index (κ1) is 13.3. The number of amides is 1. The second-order valence-electron chi connectivity index (χ2n) is 5.49. The first-order valence-electron chi connectivity index (χ1n) is 7.14. The fraction of sp³-hybridized carbons (Fsp3) is 0.643. The van der Waals surface area contributed by atoms with E-state index in [9.17, 15) is 4.79 Å². The number of aryl methyl sites for hydroxylation is 1. The minimum atomic E-state index is 0.0642. The van der Waals surface area contributed by atoms with Crippen LogP contribution in [0.2, 0.25) is 0 Å². The number of rotatable bonds is 2. The van der Waals surface area contributed by atoms with Crippen LogP contribution in [0.1, 0.15) is 36.8 Å². The average Bonchev–Trinajstić information content (AvgIpc) is 2.37. The Hall–Kier alpha value is -1.69. The summed E-state index contributed by atoms with van der Waals surface area (Å²) in [6.07, 6.45) is 2.60. The van der Waals surface area contributed by atoms with Gasteiger partial charge >= 0.3 is 0 Å². The molecular formula is C14H20N4O2. The molecule has 3 rings (SSSR count). The van der Waals surface area contributed by atoms with Crippen LogP contribution < -0.4 is 5.73 Å². The van der Waals surface area contributed by atoms with E-state index in [1.165, 1.54) is 0 Å². The number of anilines is 1. The molecule has 3 heterocycles. The Morgan fingerprint density at radius 1 is 1.35 bits per heavy atom. The summed E-state index contributed by atoms with van der Waals surface area (Å²) in [4.78, 5) is 23.0. The zero-order chi connectivity index (χ0) is 14.1. The number of carbonyl (C=O) groups is 1. The fourth-order valence-corrected chi connectivity index (χ4v) is 2.92. The van der Waals surface area contributed by atoms with Crippen molar-refractivity contribution in [3.05, 3.63) is 17.6 Å². The molecule has 0 radical (unpaired) electrons. The van der Waals surface area contributed by atoms with Crippen molar-refractivity contribution in [2.75, 3.05) is 25.5 Å². The van der Waals surface area contributed by atoms with Gasteiger partial charge in [-0.2, -0.15) is 0 Å². The molecule has 0 saturated carbocycles. The summed E-state index contributed by atoms with van der Waals surface area (Å²) in [5.74, 6) is 1.47. The number of hydrogen-bond donors (Lipinski definition) is 1. The van der Waals surface area contributed by atoms with E-state index in [0.717, 1.165) is 31.5 Å². The predicted molar refractivity (Wildman–Crippen MR) is 73.8 cm³/mol. The van der Waals surface area contributed by atoms with E-state index in [4.69, 9.17) is 10.5 Å². The van der Waals surface area contributed by atoms with Gasteiger partial charge in [-0.1, -0.05) is 0 Å². The number of carbonyl (C=O) groups excluding carboxylic acids is 1. The Labute approximate surface area is 118 Å². The normalized spacial score (nSPS) is 23.4. The molecule has 20 heavy (non-hydrogen) atoms. The summed E-state index contributed by atoms with van der Waals surface area (Å²) in [5, 5.41) is 0. The summed E-state index contributed by atoms with van der Waals surface area (Å²) in [6.45, 7) is 4.01. The Morgan fingerprint density at radius 3 is 2.70 bits per heavy atom. The highest BCUT2D eigenvalue weighted by Crippen LogP contribution is 2.35. The predicted octanol–water partition coefficient (Wildman–Crippen LogP) is 1.07. The van der Waals surface area contributed by atoms with Crippen molar-refractivity contribution in [2.24, 2.45) is 5.92 Å². The Kier molecular flexibility index (Phi) is 3.56. The molecule has 2 aliphatic rings. The van der Waals surface area contributed by atoms with E-state index in [1.807, 2.05) is 11.8 Å². The van der Waals surface area contributed by atoms with Gasteiger partial charge in [-0.15, -0.1) is 0 Å². The van der Waals surface area contributed by atoms with Crippen LogP contribution in [-0.4, -0.2) is 40.5 Å². The van der Waals surface area contributed by atoms with Gasteiger partial charge in [0, 0.05) is 31.7 Å². The van der Waals surface area contributed by atoms with Crippen LogP contribution in [0.3, 0.4) is 0 Å². The molecule has 0 aromatic carbocycles. The van der Waals surface area contributed by atoms with E-state index >= 15 is 0 Å². The molecule has 0 bridgehead atoms. The number of nitrogen functional groups attached to an aromatic ring is 1. The molecule has 0 spiro atoms. The summed E-state index contributed by atoms with van der Waals surface area (Å²) in [5.41, 5.74) is 6.63. The Morgan fingerprint density at radius 2 is 2.10 bits per heavy atom. The largest absolute Gasteiger partial charge is 0.384 e. The van der Waals surface area contributed by atoms with Gasteiger partial charge in [0.15, 0.2) is 0 Å². The molecule has 108 valence electrons. The van der Waals surface area contributed by atoms with E-state index in [0.29, 0.717) is 24.9 Å². The van der Waals surface area contributed by atoms with Gasteiger partial charge in [-0.05, 0) is 26.2 Å². The van der Waals surface area contributed by atoms with Gasteiger partial charge in [0.2, 0.25) is 5.91 Å². The quantitative estimate of drug-likeness (QED) is 0.873. The molecule has 1 atom stereocenters. The van der Waals surface area contributed by atoms with E-state index in [2.05, 4.69) is 9.97 Å². The first-order chi connectivity index (χ1) is 9.65. The minimum Gasteiger partial charge on any atom is -0.384 e. The van der Waals surface area contributed by atoms with Crippen LogP contribution in [0.5, 0.6) is 0 Å². The first-order valence-corrected chi connectivity index (χ1v) is 7.14. The molecule has 1 aromatic heterocycles. The molecule has 2 saturated heterocycles. The Bertz CT molecular complexity index is 494. The lowest BCUT2D eigenvalue weighted by atomic mass is 9.92. The van der Waals surface area contributed by atoms with Gasteiger partial charge < -0.3 is 15.4 Å². The molecule has 6 heteroatoms. The third kappa shape index (κ3) is 2.47. The average molecular weight is 276 g/mol. The van der Waals surface area contributed by atoms with Crippen LogP contribution >= 0.6 is 0 Å². The van der Waals surface area contributed by atoms with Crippen LogP contribution in [0, 0.1) is 12.8 Å². The highest BCUT2D eigenvalue weighted by molar-refractivity contribution is 5.80. The summed E-state index contributed by atoms with van der Waals surface area (Å²) < 4.78 is 5.32. The minimum absolute atomic E-state index is 0.0642. The van der Waals surface area contributed by atoms with Crippen LogP contribution in [0.4, 0.5) is 5.82 Å². The molecule has 2 aliphatic heterocycles. The highest BCUT2D eigenvalue weighted by atomic mass is 16.5. The second kappa shape index (κ2) is 5.36. The molecule has 0 aliphatic carbocycles. The van der Waals surface area contributed by atoms with Crippen LogP contribution in [0.25, 0.3) is 0 Å². The van der Waals surface area contributed by atoms with Crippen molar-refractivity contribution >= 4 is 11.7 Å². The molecule has 1 amide bonds. The smallest absolute Gasteiger partial charge is 0.226 e. The van der Waals surface area contributed by atoms with Crippen molar-refractivity contribution in [3.63, 3.8) is 0 Å². The third-order valence-electron chi connectivity index (χ3n) is 4.09. The fourth-order valence-electron chi connectivity index (χ4n) is 2.92. The number of likely N-dealkylation sites (tertiary alicyclic amines) is 1.